The molecule has 0 bridgehead atoms. The van der Waals surface area contributed by atoms with Crippen molar-refractivity contribution in [1.29, 1.82) is 0 Å². The molecule has 3 nitrogen and oxygen atoms in total. The van der Waals surface area contributed by atoms with E-state index in [1.807, 2.05) is 29.2 Å². The number of likely N-dealkylation sites (tertiary alicyclic amines) is 1. The van der Waals surface area contributed by atoms with E-state index in [9.17, 15) is 4.79 Å². The highest BCUT2D eigenvalue weighted by atomic mass is 35.5. The summed E-state index contributed by atoms with van der Waals surface area (Å²) in [6, 6.07) is 8.03. The van der Waals surface area contributed by atoms with Gasteiger partial charge < -0.3 is 9.64 Å². The van der Waals surface area contributed by atoms with Crippen molar-refractivity contribution in [3.63, 3.8) is 0 Å². The third-order valence-electron chi connectivity index (χ3n) is 3.84. The molecular weight excluding hydrogens is 250 g/mol. The zero-order valence-electron chi connectivity index (χ0n) is 10.1. The Morgan fingerprint density at radius 1 is 1.28 bits per heavy atom. The number of rotatable bonds is 2. The highest BCUT2D eigenvalue weighted by Crippen LogP contribution is 2.35. The van der Waals surface area contributed by atoms with Crippen LogP contribution in [0.15, 0.2) is 24.3 Å². The van der Waals surface area contributed by atoms with Crippen molar-refractivity contribution in [3.8, 4) is 0 Å². The van der Waals surface area contributed by atoms with E-state index >= 15 is 0 Å². The van der Waals surface area contributed by atoms with Crippen molar-refractivity contribution < 1.29 is 9.53 Å². The van der Waals surface area contributed by atoms with Crippen molar-refractivity contribution >= 4 is 17.5 Å². The van der Waals surface area contributed by atoms with E-state index < -0.39 is 0 Å². The molecule has 2 aliphatic rings. The standard InChI is InChI=1S/C14H16ClNO2/c15-12-3-1-10(2-4-12)13-5-7-16(13)14(17)11-6-8-18-9-11/h1-4,11,13H,5-9H2. The predicted molar refractivity (Wildman–Crippen MR) is 69.4 cm³/mol. The molecule has 18 heavy (non-hydrogen) atoms. The van der Waals surface area contributed by atoms with E-state index in [4.69, 9.17) is 16.3 Å². The maximum atomic E-state index is 12.3. The van der Waals surface area contributed by atoms with E-state index in [0.717, 1.165) is 31.0 Å². The summed E-state index contributed by atoms with van der Waals surface area (Å²) in [7, 11) is 0. The number of carbonyl (C=O) groups excluding carboxylic acids is 1. The number of hydrogen-bond donors (Lipinski definition) is 0. The summed E-state index contributed by atoms with van der Waals surface area (Å²) in [5.41, 5.74) is 1.18. The molecule has 96 valence electrons. The maximum Gasteiger partial charge on any atom is 0.228 e. The van der Waals surface area contributed by atoms with Gasteiger partial charge in [-0.2, -0.15) is 0 Å². The smallest absolute Gasteiger partial charge is 0.228 e. The maximum absolute atomic E-state index is 12.3. The van der Waals surface area contributed by atoms with Gasteiger partial charge in [0.05, 0.1) is 18.6 Å². The molecule has 1 aromatic carbocycles. The molecule has 3 rings (SSSR count). The molecule has 0 aromatic heterocycles. The van der Waals surface area contributed by atoms with Crippen LogP contribution in [0.1, 0.15) is 24.4 Å². The summed E-state index contributed by atoms with van der Waals surface area (Å²) in [4.78, 5) is 14.3. The van der Waals surface area contributed by atoms with Crippen molar-refractivity contribution in [3.05, 3.63) is 34.9 Å². The summed E-state index contributed by atoms with van der Waals surface area (Å²) in [5.74, 6) is 0.318. The Balaban J connectivity index is 1.71. The number of hydrogen-bond acceptors (Lipinski definition) is 2. The Morgan fingerprint density at radius 3 is 2.61 bits per heavy atom. The molecule has 0 saturated carbocycles. The molecular formula is C14H16ClNO2. The lowest BCUT2D eigenvalue weighted by atomic mass is 9.92. The second kappa shape index (κ2) is 4.90. The normalized spacial score (nSPS) is 27.1. The summed E-state index contributed by atoms with van der Waals surface area (Å²) in [6.45, 7) is 2.17. The Bertz CT molecular complexity index is 440. The van der Waals surface area contributed by atoms with Crippen molar-refractivity contribution in [1.82, 2.24) is 4.90 Å². The first-order valence-electron chi connectivity index (χ1n) is 6.39. The molecule has 2 unspecified atom stereocenters. The van der Waals surface area contributed by atoms with Crippen LogP contribution >= 0.6 is 11.6 Å². The molecule has 2 aliphatic heterocycles. The number of amides is 1. The second-order valence-electron chi connectivity index (χ2n) is 4.95. The summed E-state index contributed by atoms with van der Waals surface area (Å²) in [6.07, 6.45) is 1.91. The van der Waals surface area contributed by atoms with Crippen LogP contribution in [0.5, 0.6) is 0 Å². The zero-order chi connectivity index (χ0) is 12.5. The van der Waals surface area contributed by atoms with Crippen molar-refractivity contribution in [2.45, 2.75) is 18.9 Å². The van der Waals surface area contributed by atoms with Gasteiger partial charge in [0.1, 0.15) is 0 Å². The van der Waals surface area contributed by atoms with Crippen molar-refractivity contribution in [2.75, 3.05) is 19.8 Å². The molecule has 2 saturated heterocycles. The minimum Gasteiger partial charge on any atom is -0.381 e. The van der Waals surface area contributed by atoms with E-state index in [1.54, 1.807) is 0 Å². The largest absolute Gasteiger partial charge is 0.381 e. The van der Waals surface area contributed by atoms with Gasteiger partial charge in [0.2, 0.25) is 5.91 Å². The molecule has 0 N–H and O–H groups in total. The van der Waals surface area contributed by atoms with E-state index in [2.05, 4.69) is 0 Å². The molecule has 4 heteroatoms. The van der Waals surface area contributed by atoms with Crippen molar-refractivity contribution in [2.24, 2.45) is 5.92 Å². The summed E-state index contributed by atoms with van der Waals surface area (Å²) in [5, 5.41) is 0.736. The van der Waals surface area contributed by atoms with Crippen LogP contribution in [0.3, 0.4) is 0 Å². The number of carbonyl (C=O) groups is 1. The van der Waals surface area contributed by atoms with Gasteiger partial charge in [0, 0.05) is 18.2 Å². The predicted octanol–water partition coefficient (Wildman–Crippen LogP) is 2.65. The topological polar surface area (TPSA) is 29.5 Å². The first-order valence-corrected chi connectivity index (χ1v) is 6.77. The average Bonchev–Trinajstić information content (AvgIpc) is 2.84. The van der Waals surface area contributed by atoms with E-state index in [0.29, 0.717) is 6.61 Å². The van der Waals surface area contributed by atoms with Gasteiger partial charge in [-0.1, -0.05) is 23.7 Å². The van der Waals surface area contributed by atoms with Gasteiger partial charge in [0.25, 0.3) is 0 Å². The lowest BCUT2D eigenvalue weighted by Gasteiger charge is -2.42. The molecule has 0 aliphatic carbocycles. The Kier molecular flexibility index (Phi) is 3.27. The third kappa shape index (κ3) is 2.13. The van der Waals surface area contributed by atoms with Crippen LogP contribution in [0, 0.1) is 5.92 Å². The Labute approximate surface area is 112 Å². The van der Waals surface area contributed by atoms with Crippen LogP contribution in [0.25, 0.3) is 0 Å². The molecule has 2 heterocycles. The summed E-state index contributed by atoms with van der Waals surface area (Å²) < 4.78 is 5.29. The van der Waals surface area contributed by atoms with Crippen LogP contribution in [-0.2, 0) is 9.53 Å². The van der Waals surface area contributed by atoms with E-state index in [-0.39, 0.29) is 17.9 Å². The van der Waals surface area contributed by atoms with Crippen LogP contribution in [0.4, 0.5) is 0 Å². The Morgan fingerprint density at radius 2 is 2.06 bits per heavy atom. The molecule has 1 aromatic rings. The molecule has 2 fully saturated rings. The average molecular weight is 266 g/mol. The van der Waals surface area contributed by atoms with Crippen LogP contribution in [-0.4, -0.2) is 30.6 Å². The molecule has 2 atom stereocenters. The lowest BCUT2D eigenvalue weighted by molar-refractivity contribution is -0.143. The fourth-order valence-corrected chi connectivity index (χ4v) is 2.77. The molecule has 1 amide bonds. The van der Waals surface area contributed by atoms with Gasteiger partial charge in [-0.3, -0.25) is 4.79 Å². The number of halogens is 1. The third-order valence-corrected chi connectivity index (χ3v) is 4.09. The lowest BCUT2D eigenvalue weighted by Crippen LogP contribution is -2.47. The fraction of sp³-hybridized carbons (Fsp3) is 0.500. The SMILES string of the molecule is O=C(C1CCOC1)N1CCC1c1ccc(Cl)cc1. The molecule has 0 spiro atoms. The van der Waals surface area contributed by atoms with Crippen LogP contribution in [0.2, 0.25) is 5.02 Å². The number of ether oxygens (including phenoxy) is 1. The first kappa shape index (κ1) is 12.0. The minimum absolute atomic E-state index is 0.0695. The highest BCUT2D eigenvalue weighted by molar-refractivity contribution is 6.30. The number of nitrogens with zero attached hydrogens (tertiary/aromatic N) is 1. The van der Waals surface area contributed by atoms with Gasteiger partial charge in [-0.05, 0) is 30.5 Å². The monoisotopic (exact) mass is 265 g/mol. The van der Waals surface area contributed by atoms with Gasteiger partial charge in [-0.15, -0.1) is 0 Å². The second-order valence-corrected chi connectivity index (χ2v) is 5.38. The number of benzene rings is 1. The van der Waals surface area contributed by atoms with Gasteiger partial charge >= 0.3 is 0 Å². The first-order chi connectivity index (χ1) is 8.75. The highest BCUT2D eigenvalue weighted by Gasteiger charge is 2.37. The fourth-order valence-electron chi connectivity index (χ4n) is 2.65. The van der Waals surface area contributed by atoms with Gasteiger partial charge in [-0.25, -0.2) is 0 Å². The zero-order valence-corrected chi connectivity index (χ0v) is 10.9. The Hall–Kier alpha value is -1.06. The quantitative estimate of drug-likeness (QED) is 0.823. The van der Waals surface area contributed by atoms with E-state index in [1.165, 1.54) is 5.56 Å². The van der Waals surface area contributed by atoms with Crippen LogP contribution < -0.4 is 0 Å². The molecule has 0 radical (unpaired) electrons. The summed E-state index contributed by atoms with van der Waals surface area (Å²) >= 11 is 5.88. The van der Waals surface area contributed by atoms with Gasteiger partial charge in [0.15, 0.2) is 0 Å². The minimum atomic E-state index is 0.0695.